The van der Waals surface area contributed by atoms with Gasteiger partial charge in [0.05, 0.1) is 0 Å². The molecule has 1 rings (SSSR count). The Bertz CT molecular complexity index is 237. The van der Waals surface area contributed by atoms with Crippen LogP contribution in [0.3, 0.4) is 0 Å². The highest BCUT2D eigenvalue weighted by Gasteiger charge is 2.29. The molecule has 5 nitrogen and oxygen atoms in total. The smallest absolute Gasteiger partial charge is 0.410 e. The van der Waals surface area contributed by atoms with Gasteiger partial charge in [0.2, 0.25) is 0 Å². The number of piperidine rings is 1. The Kier molecular flexibility index (Phi) is 3.57. The molecule has 1 aliphatic heterocycles. The third-order valence-corrected chi connectivity index (χ3v) is 2.37. The van der Waals surface area contributed by atoms with E-state index in [4.69, 9.17) is 16.2 Å². The van der Waals surface area contributed by atoms with Crippen molar-refractivity contribution >= 4 is 6.09 Å². The van der Waals surface area contributed by atoms with Gasteiger partial charge in [0.1, 0.15) is 5.60 Å². The topological polar surface area (TPSA) is 81.6 Å². The van der Waals surface area contributed by atoms with Crippen LogP contribution < -0.4 is 11.5 Å². The number of nitrogens with zero attached hydrogens (tertiary/aromatic N) is 1. The number of likely N-dealkylation sites (tertiary alicyclic amines) is 1. The zero-order chi connectivity index (χ0) is 11.6. The second kappa shape index (κ2) is 4.37. The van der Waals surface area contributed by atoms with E-state index in [0.29, 0.717) is 13.1 Å². The molecule has 1 amide bonds. The lowest BCUT2D eigenvalue weighted by molar-refractivity contribution is 0.0189. The molecular weight excluding hydrogens is 194 g/mol. The zero-order valence-electron chi connectivity index (χ0n) is 9.69. The van der Waals surface area contributed by atoms with Gasteiger partial charge < -0.3 is 21.1 Å². The van der Waals surface area contributed by atoms with Crippen molar-refractivity contribution in [3.63, 3.8) is 0 Å². The van der Waals surface area contributed by atoms with Gasteiger partial charge in [-0.05, 0) is 27.2 Å². The summed E-state index contributed by atoms with van der Waals surface area (Å²) in [5.41, 5.74) is 11.1. The largest absolute Gasteiger partial charge is 0.444 e. The molecule has 0 saturated carbocycles. The Morgan fingerprint density at radius 2 is 1.93 bits per heavy atom. The van der Waals surface area contributed by atoms with E-state index in [0.717, 1.165) is 6.42 Å². The Balaban J connectivity index is 2.48. The molecule has 0 aromatic heterocycles. The minimum absolute atomic E-state index is 0.0105. The van der Waals surface area contributed by atoms with Crippen LogP contribution in [0, 0.1) is 0 Å². The van der Waals surface area contributed by atoms with Crippen LogP contribution in [0.5, 0.6) is 0 Å². The molecule has 0 radical (unpaired) electrons. The van der Waals surface area contributed by atoms with Crippen LogP contribution in [0.2, 0.25) is 0 Å². The van der Waals surface area contributed by atoms with Crippen molar-refractivity contribution in [3.05, 3.63) is 0 Å². The molecule has 1 heterocycles. The average molecular weight is 215 g/mol. The van der Waals surface area contributed by atoms with Crippen LogP contribution in [-0.4, -0.2) is 41.8 Å². The highest BCUT2D eigenvalue weighted by molar-refractivity contribution is 5.68. The molecule has 88 valence electrons. The minimum atomic E-state index is -0.458. The molecule has 0 bridgehead atoms. The number of ether oxygens (including phenoxy) is 1. The third-order valence-electron chi connectivity index (χ3n) is 2.37. The summed E-state index contributed by atoms with van der Waals surface area (Å²) in [6.07, 6.45) is 0.435. The summed E-state index contributed by atoms with van der Waals surface area (Å²) in [5.74, 6) is 0. The van der Waals surface area contributed by atoms with E-state index < -0.39 is 5.60 Å². The highest BCUT2D eigenvalue weighted by atomic mass is 16.6. The predicted molar refractivity (Wildman–Crippen MR) is 58.4 cm³/mol. The maximum atomic E-state index is 11.7. The SMILES string of the molecule is CC(C)(C)OC(=O)N1CC[C@H](N)[C@H](N)C1. The van der Waals surface area contributed by atoms with E-state index in [1.807, 2.05) is 20.8 Å². The van der Waals surface area contributed by atoms with E-state index in [-0.39, 0.29) is 18.2 Å². The maximum Gasteiger partial charge on any atom is 0.410 e. The second-order valence-corrected chi connectivity index (χ2v) is 5.04. The summed E-state index contributed by atoms with van der Waals surface area (Å²) in [6.45, 7) is 6.65. The van der Waals surface area contributed by atoms with Gasteiger partial charge in [0, 0.05) is 25.2 Å². The Hall–Kier alpha value is -0.810. The monoisotopic (exact) mass is 215 g/mol. The molecule has 1 saturated heterocycles. The standard InChI is InChI=1S/C10H21N3O2/c1-10(2,3)15-9(14)13-5-4-7(11)8(12)6-13/h7-8H,4-6,11-12H2,1-3H3/t7-,8+/m0/s1. The molecule has 1 fully saturated rings. The van der Waals surface area contributed by atoms with Gasteiger partial charge in [-0.3, -0.25) is 0 Å². The zero-order valence-corrected chi connectivity index (χ0v) is 9.69. The lowest BCUT2D eigenvalue weighted by Crippen LogP contribution is -2.56. The molecule has 2 atom stereocenters. The van der Waals surface area contributed by atoms with Crippen LogP contribution in [0.25, 0.3) is 0 Å². The van der Waals surface area contributed by atoms with Crippen molar-refractivity contribution in [3.8, 4) is 0 Å². The summed E-state index contributed by atoms with van der Waals surface area (Å²) in [4.78, 5) is 13.3. The van der Waals surface area contributed by atoms with E-state index in [1.165, 1.54) is 0 Å². The van der Waals surface area contributed by atoms with Crippen LogP contribution in [0.15, 0.2) is 0 Å². The van der Waals surface area contributed by atoms with E-state index in [9.17, 15) is 4.79 Å². The molecule has 15 heavy (non-hydrogen) atoms. The summed E-state index contributed by atoms with van der Waals surface area (Å²) in [5, 5.41) is 0. The van der Waals surface area contributed by atoms with Crippen LogP contribution >= 0.6 is 0 Å². The van der Waals surface area contributed by atoms with Gasteiger partial charge in [-0.1, -0.05) is 0 Å². The highest BCUT2D eigenvalue weighted by Crippen LogP contribution is 2.13. The molecule has 1 aliphatic rings. The normalized spacial score (nSPS) is 27.7. The van der Waals surface area contributed by atoms with Gasteiger partial charge in [-0.2, -0.15) is 0 Å². The average Bonchev–Trinajstić information content (AvgIpc) is 2.06. The number of carbonyl (C=O) groups excluding carboxylic acids is 1. The van der Waals surface area contributed by atoms with Gasteiger partial charge in [-0.15, -0.1) is 0 Å². The quantitative estimate of drug-likeness (QED) is 0.608. The number of hydrogen-bond donors (Lipinski definition) is 2. The first-order valence-corrected chi connectivity index (χ1v) is 5.28. The van der Waals surface area contributed by atoms with Crippen molar-refractivity contribution in [2.45, 2.75) is 44.9 Å². The fraction of sp³-hybridized carbons (Fsp3) is 0.900. The molecular formula is C10H21N3O2. The Morgan fingerprint density at radius 3 is 2.40 bits per heavy atom. The van der Waals surface area contributed by atoms with Crippen LogP contribution in [0.4, 0.5) is 4.79 Å². The first kappa shape index (κ1) is 12.3. The molecule has 5 heteroatoms. The van der Waals surface area contributed by atoms with Crippen molar-refractivity contribution in [2.75, 3.05) is 13.1 Å². The summed E-state index contributed by atoms with van der Waals surface area (Å²) in [7, 11) is 0. The van der Waals surface area contributed by atoms with E-state index in [1.54, 1.807) is 4.90 Å². The molecule has 0 aromatic carbocycles. The van der Waals surface area contributed by atoms with E-state index in [2.05, 4.69) is 0 Å². The Morgan fingerprint density at radius 1 is 1.33 bits per heavy atom. The Labute approximate surface area is 90.7 Å². The second-order valence-electron chi connectivity index (χ2n) is 5.04. The van der Waals surface area contributed by atoms with Gasteiger partial charge in [0.25, 0.3) is 0 Å². The van der Waals surface area contributed by atoms with Crippen LogP contribution in [0.1, 0.15) is 27.2 Å². The number of nitrogens with two attached hydrogens (primary N) is 2. The third kappa shape index (κ3) is 3.68. The number of hydrogen-bond acceptors (Lipinski definition) is 4. The van der Waals surface area contributed by atoms with Crippen molar-refractivity contribution in [1.29, 1.82) is 0 Å². The molecule has 0 aliphatic carbocycles. The van der Waals surface area contributed by atoms with Gasteiger partial charge in [-0.25, -0.2) is 4.79 Å². The molecule has 0 spiro atoms. The predicted octanol–water partition coefficient (Wildman–Crippen LogP) is 0.282. The molecule has 0 unspecified atom stereocenters. The van der Waals surface area contributed by atoms with Crippen molar-refractivity contribution in [1.82, 2.24) is 4.90 Å². The number of carbonyl (C=O) groups is 1. The fourth-order valence-electron chi connectivity index (χ4n) is 1.49. The van der Waals surface area contributed by atoms with Crippen molar-refractivity contribution in [2.24, 2.45) is 11.5 Å². The lowest BCUT2D eigenvalue weighted by atomic mass is 10.0. The van der Waals surface area contributed by atoms with E-state index >= 15 is 0 Å². The summed E-state index contributed by atoms with van der Waals surface area (Å²) >= 11 is 0. The maximum absolute atomic E-state index is 11.7. The minimum Gasteiger partial charge on any atom is -0.444 e. The fourth-order valence-corrected chi connectivity index (χ4v) is 1.49. The first-order valence-electron chi connectivity index (χ1n) is 5.28. The number of rotatable bonds is 0. The first-order chi connectivity index (χ1) is 6.79. The molecule has 4 N–H and O–H groups in total. The van der Waals surface area contributed by atoms with Gasteiger partial charge in [0.15, 0.2) is 0 Å². The van der Waals surface area contributed by atoms with Crippen molar-refractivity contribution < 1.29 is 9.53 Å². The lowest BCUT2D eigenvalue weighted by Gasteiger charge is -2.35. The summed E-state index contributed by atoms with van der Waals surface area (Å²) < 4.78 is 5.25. The van der Waals surface area contributed by atoms with Gasteiger partial charge >= 0.3 is 6.09 Å². The molecule has 0 aromatic rings. The summed E-state index contributed by atoms with van der Waals surface area (Å²) in [6, 6.07) is -0.157. The number of amides is 1. The van der Waals surface area contributed by atoms with Crippen LogP contribution in [-0.2, 0) is 4.74 Å².